The maximum atomic E-state index is 12.9. The van der Waals surface area contributed by atoms with Crippen LogP contribution in [0.25, 0.3) is 0 Å². The maximum absolute atomic E-state index is 12.9. The zero-order valence-electron chi connectivity index (χ0n) is 16.4. The van der Waals surface area contributed by atoms with Crippen molar-refractivity contribution < 1.29 is 13.2 Å². The van der Waals surface area contributed by atoms with Gasteiger partial charge in [-0.15, -0.1) is 0 Å². The van der Waals surface area contributed by atoms with E-state index in [2.05, 4.69) is 31.2 Å². The summed E-state index contributed by atoms with van der Waals surface area (Å²) in [6.45, 7) is 6.41. The zero-order valence-corrected chi connectivity index (χ0v) is 18.0. The first-order valence-electron chi connectivity index (χ1n) is 9.44. The SMILES string of the molecule is CC(C)(C)c1ccc(C(=O)Nc2c3c(nn2C2CCS(=O)(=O)C2)CSC3)cc1. The van der Waals surface area contributed by atoms with Crippen molar-refractivity contribution in [3.63, 3.8) is 0 Å². The van der Waals surface area contributed by atoms with Gasteiger partial charge in [0, 0.05) is 22.6 Å². The van der Waals surface area contributed by atoms with Gasteiger partial charge in [0.2, 0.25) is 0 Å². The van der Waals surface area contributed by atoms with Crippen LogP contribution in [0.15, 0.2) is 24.3 Å². The van der Waals surface area contributed by atoms with Gasteiger partial charge in [-0.05, 0) is 29.5 Å². The third-order valence-electron chi connectivity index (χ3n) is 5.38. The van der Waals surface area contributed by atoms with Gasteiger partial charge in [0.05, 0.1) is 23.2 Å². The zero-order chi connectivity index (χ0) is 20.1. The summed E-state index contributed by atoms with van der Waals surface area (Å²) in [6, 6.07) is 7.43. The number of rotatable bonds is 3. The van der Waals surface area contributed by atoms with Crippen molar-refractivity contribution in [2.24, 2.45) is 0 Å². The molecule has 0 spiro atoms. The number of carbonyl (C=O) groups is 1. The first kappa shape index (κ1) is 19.5. The van der Waals surface area contributed by atoms with Crippen molar-refractivity contribution in [2.45, 2.75) is 50.2 Å². The number of anilines is 1. The van der Waals surface area contributed by atoms with Gasteiger partial charge < -0.3 is 5.32 Å². The molecule has 1 N–H and O–H groups in total. The molecule has 150 valence electrons. The average Bonchev–Trinajstić information content (AvgIpc) is 3.30. The Balaban J connectivity index is 1.62. The second-order valence-corrected chi connectivity index (χ2v) is 11.8. The summed E-state index contributed by atoms with van der Waals surface area (Å²) in [6.07, 6.45) is 0.541. The first-order valence-corrected chi connectivity index (χ1v) is 12.4. The molecule has 28 heavy (non-hydrogen) atoms. The number of nitrogens with zero attached hydrogens (tertiary/aromatic N) is 2. The number of sulfone groups is 1. The molecule has 2 aromatic rings. The van der Waals surface area contributed by atoms with Crippen LogP contribution < -0.4 is 5.32 Å². The van der Waals surface area contributed by atoms with Crippen molar-refractivity contribution in [3.8, 4) is 0 Å². The minimum atomic E-state index is -3.03. The number of benzene rings is 1. The van der Waals surface area contributed by atoms with E-state index < -0.39 is 9.84 Å². The maximum Gasteiger partial charge on any atom is 0.256 e. The minimum Gasteiger partial charge on any atom is -0.306 e. The molecule has 2 aliphatic rings. The molecule has 1 fully saturated rings. The number of fused-ring (bicyclic) bond motifs is 1. The Labute approximate surface area is 170 Å². The van der Waals surface area contributed by atoms with E-state index in [1.807, 2.05) is 24.3 Å². The number of amides is 1. The Morgan fingerprint density at radius 1 is 1.21 bits per heavy atom. The molecule has 0 radical (unpaired) electrons. The van der Waals surface area contributed by atoms with Crippen LogP contribution in [0.5, 0.6) is 0 Å². The normalized spacial score (nSPS) is 20.9. The van der Waals surface area contributed by atoms with Crippen molar-refractivity contribution in [2.75, 3.05) is 16.8 Å². The summed E-state index contributed by atoms with van der Waals surface area (Å²) in [5.41, 5.74) is 3.75. The van der Waals surface area contributed by atoms with Gasteiger partial charge in [-0.2, -0.15) is 16.9 Å². The van der Waals surface area contributed by atoms with E-state index in [1.165, 1.54) is 5.56 Å². The standard InChI is InChI=1S/C20H25N3O3S2/c1-20(2,3)14-6-4-13(5-7-14)19(24)21-18-16-10-27-11-17(16)22-23(18)15-8-9-28(25,26)12-15/h4-7,15H,8-12H2,1-3H3,(H,21,24). The molecular weight excluding hydrogens is 394 g/mol. The minimum absolute atomic E-state index is 0.0274. The molecule has 1 atom stereocenters. The molecule has 3 heterocycles. The largest absolute Gasteiger partial charge is 0.306 e. The lowest BCUT2D eigenvalue weighted by atomic mass is 9.87. The summed E-state index contributed by atoms with van der Waals surface area (Å²) in [4.78, 5) is 12.9. The molecule has 1 unspecified atom stereocenters. The third-order valence-corrected chi connectivity index (χ3v) is 8.10. The Bertz CT molecular complexity index is 1020. The number of hydrogen-bond donors (Lipinski definition) is 1. The Kier molecular flexibility index (Phi) is 4.82. The van der Waals surface area contributed by atoms with Gasteiger partial charge in [-0.3, -0.25) is 4.79 Å². The average molecular weight is 420 g/mol. The van der Waals surface area contributed by atoms with Gasteiger partial charge in [0.25, 0.3) is 5.91 Å². The summed E-state index contributed by atoms with van der Waals surface area (Å²) in [5, 5.41) is 7.67. The molecule has 1 saturated heterocycles. The summed E-state index contributed by atoms with van der Waals surface area (Å²) < 4.78 is 25.6. The van der Waals surface area contributed by atoms with Crippen LogP contribution in [0.1, 0.15) is 60.4 Å². The number of aromatic nitrogens is 2. The lowest BCUT2D eigenvalue weighted by Crippen LogP contribution is -2.20. The van der Waals surface area contributed by atoms with Crippen LogP contribution in [0, 0.1) is 0 Å². The molecule has 1 aromatic heterocycles. The molecule has 2 aliphatic heterocycles. The van der Waals surface area contributed by atoms with Crippen LogP contribution >= 0.6 is 11.8 Å². The van der Waals surface area contributed by atoms with Gasteiger partial charge in [-0.1, -0.05) is 32.9 Å². The molecule has 8 heteroatoms. The fourth-order valence-electron chi connectivity index (χ4n) is 3.70. The molecule has 6 nitrogen and oxygen atoms in total. The number of hydrogen-bond acceptors (Lipinski definition) is 5. The molecule has 4 rings (SSSR count). The number of thioether (sulfide) groups is 1. The van der Waals surface area contributed by atoms with Crippen molar-refractivity contribution >= 4 is 33.3 Å². The first-order chi connectivity index (χ1) is 13.1. The predicted molar refractivity (Wildman–Crippen MR) is 113 cm³/mol. The second-order valence-electron chi connectivity index (χ2n) is 8.55. The summed E-state index contributed by atoms with van der Waals surface area (Å²) >= 11 is 1.76. The monoisotopic (exact) mass is 419 g/mol. The van der Waals surface area contributed by atoms with Gasteiger partial charge >= 0.3 is 0 Å². The lowest BCUT2D eigenvalue weighted by Gasteiger charge is -2.19. The van der Waals surface area contributed by atoms with Gasteiger partial charge in [-0.25, -0.2) is 13.1 Å². The topological polar surface area (TPSA) is 81.1 Å². The number of carbonyl (C=O) groups excluding carboxylic acids is 1. The van der Waals surface area contributed by atoms with E-state index in [4.69, 9.17) is 0 Å². The fraction of sp³-hybridized carbons (Fsp3) is 0.500. The van der Waals surface area contributed by atoms with Crippen LogP contribution in [0.2, 0.25) is 0 Å². The summed E-state index contributed by atoms with van der Waals surface area (Å²) in [7, 11) is -3.03. The molecule has 0 bridgehead atoms. The highest BCUT2D eigenvalue weighted by Crippen LogP contribution is 2.38. The van der Waals surface area contributed by atoms with E-state index in [-0.39, 0.29) is 28.9 Å². The highest BCUT2D eigenvalue weighted by molar-refractivity contribution is 7.98. The van der Waals surface area contributed by atoms with Gasteiger partial charge in [0.15, 0.2) is 9.84 Å². The Hall–Kier alpha value is -1.80. The highest BCUT2D eigenvalue weighted by atomic mass is 32.2. The molecule has 0 aliphatic carbocycles. The van der Waals surface area contributed by atoms with Crippen molar-refractivity contribution in [1.29, 1.82) is 0 Å². The smallest absolute Gasteiger partial charge is 0.256 e. The summed E-state index contributed by atoms with van der Waals surface area (Å²) in [5.74, 6) is 2.31. The fourth-order valence-corrected chi connectivity index (χ4v) is 6.43. The molecule has 0 saturated carbocycles. The van der Waals surface area contributed by atoms with Crippen LogP contribution in [-0.2, 0) is 26.8 Å². The van der Waals surface area contributed by atoms with Crippen LogP contribution in [0.4, 0.5) is 5.82 Å². The molecule has 1 amide bonds. The third kappa shape index (κ3) is 3.72. The van der Waals surface area contributed by atoms with E-state index >= 15 is 0 Å². The Morgan fingerprint density at radius 3 is 2.54 bits per heavy atom. The van der Waals surface area contributed by atoms with Crippen molar-refractivity contribution in [3.05, 3.63) is 46.6 Å². The van der Waals surface area contributed by atoms with Crippen LogP contribution in [-0.4, -0.2) is 35.6 Å². The second kappa shape index (κ2) is 6.91. The quantitative estimate of drug-likeness (QED) is 0.823. The highest BCUT2D eigenvalue weighted by Gasteiger charge is 2.34. The molecular formula is C20H25N3O3S2. The van der Waals surface area contributed by atoms with E-state index in [1.54, 1.807) is 16.4 Å². The van der Waals surface area contributed by atoms with E-state index in [0.29, 0.717) is 17.8 Å². The van der Waals surface area contributed by atoms with Crippen LogP contribution in [0.3, 0.4) is 0 Å². The molecule has 1 aromatic carbocycles. The van der Waals surface area contributed by atoms with Gasteiger partial charge in [0.1, 0.15) is 5.82 Å². The van der Waals surface area contributed by atoms with Crippen molar-refractivity contribution in [1.82, 2.24) is 9.78 Å². The number of nitrogens with one attached hydrogen (secondary N) is 1. The van der Waals surface area contributed by atoms with E-state index in [0.717, 1.165) is 22.8 Å². The van der Waals surface area contributed by atoms with E-state index in [9.17, 15) is 13.2 Å². The lowest BCUT2D eigenvalue weighted by molar-refractivity contribution is 0.102. The Morgan fingerprint density at radius 2 is 1.93 bits per heavy atom. The predicted octanol–water partition coefficient (Wildman–Crippen LogP) is 3.54.